The molecule has 0 radical (unpaired) electrons. The van der Waals surface area contributed by atoms with E-state index >= 15 is 0 Å². The third kappa shape index (κ3) is 4.49. The zero-order chi connectivity index (χ0) is 20.9. The molecule has 0 aliphatic heterocycles. The Hall–Kier alpha value is -3.10. The van der Waals surface area contributed by atoms with Gasteiger partial charge in [-0.25, -0.2) is 13.4 Å². The standard InChI is InChI=1S/C21H22N2O5S/c1-26-16-13-17(27-2)20(18(14-16)28-3)21(15-9-5-4-6-10-15)23-29(24,25)19-11-7-8-12-22-19/h4-14,21,23H,1-3H3. The van der Waals surface area contributed by atoms with Crippen molar-refractivity contribution in [3.05, 3.63) is 78.0 Å². The van der Waals surface area contributed by atoms with E-state index in [2.05, 4.69) is 9.71 Å². The van der Waals surface area contributed by atoms with Crippen LogP contribution in [0.4, 0.5) is 0 Å². The quantitative estimate of drug-likeness (QED) is 0.609. The first-order valence-corrected chi connectivity index (χ1v) is 10.3. The summed E-state index contributed by atoms with van der Waals surface area (Å²) in [7, 11) is 0.623. The lowest BCUT2D eigenvalue weighted by Crippen LogP contribution is -2.30. The van der Waals surface area contributed by atoms with Gasteiger partial charge in [0.1, 0.15) is 17.2 Å². The molecular weight excluding hydrogens is 392 g/mol. The first-order valence-electron chi connectivity index (χ1n) is 8.78. The van der Waals surface area contributed by atoms with Crippen LogP contribution in [0, 0.1) is 0 Å². The van der Waals surface area contributed by atoms with Crippen molar-refractivity contribution in [2.75, 3.05) is 21.3 Å². The molecule has 7 nitrogen and oxygen atoms in total. The van der Waals surface area contributed by atoms with Crippen molar-refractivity contribution in [3.63, 3.8) is 0 Å². The fourth-order valence-corrected chi connectivity index (χ4v) is 4.12. The molecule has 29 heavy (non-hydrogen) atoms. The largest absolute Gasteiger partial charge is 0.496 e. The van der Waals surface area contributed by atoms with Gasteiger partial charge in [-0.15, -0.1) is 0 Å². The van der Waals surface area contributed by atoms with Crippen LogP contribution in [0.2, 0.25) is 0 Å². The Balaban J connectivity index is 2.18. The Morgan fingerprint density at radius 2 is 1.48 bits per heavy atom. The molecule has 0 saturated carbocycles. The Labute approximate surface area is 170 Å². The second-order valence-corrected chi connectivity index (χ2v) is 7.74. The zero-order valence-corrected chi connectivity index (χ0v) is 17.1. The molecule has 1 aromatic heterocycles. The molecule has 0 aliphatic carbocycles. The molecule has 0 fully saturated rings. The van der Waals surface area contributed by atoms with Gasteiger partial charge in [0.15, 0.2) is 5.03 Å². The molecule has 8 heteroatoms. The van der Waals surface area contributed by atoms with E-state index in [4.69, 9.17) is 14.2 Å². The van der Waals surface area contributed by atoms with Crippen LogP contribution in [0.5, 0.6) is 17.2 Å². The molecule has 0 spiro atoms. The molecule has 0 bridgehead atoms. The molecule has 0 saturated heterocycles. The number of hydrogen-bond donors (Lipinski definition) is 1. The smallest absolute Gasteiger partial charge is 0.258 e. The van der Waals surface area contributed by atoms with Crippen molar-refractivity contribution in [1.29, 1.82) is 0 Å². The number of benzene rings is 2. The lowest BCUT2D eigenvalue weighted by Gasteiger charge is -2.24. The maximum absolute atomic E-state index is 13.0. The summed E-state index contributed by atoms with van der Waals surface area (Å²) < 4.78 is 45.2. The van der Waals surface area contributed by atoms with Crippen LogP contribution in [0.25, 0.3) is 0 Å². The van der Waals surface area contributed by atoms with Crippen LogP contribution < -0.4 is 18.9 Å². The number of nitrogens with zero attached hydrogens (tertiary/aromatic N) is 1. The number of rotatable bonds is 8. The van der Waals surface area contributed by atoms with Gasteiger partial charge in [-0.3, -0.25) is 0 Å². The molecular formula is C21H22N2O5S. The van der Waals surface area contributed by atoms with Gasteiger partial charge in [0.2, 0.25) is 0 Å². The maximum atomic E-state index is 13.0. The number of ether oxygens (including phenoxy) is 3. The third-order valence-corrected chi connectivity index (χ3v) is 5.70. The summed E-state index contributed by atoms with van der Waals surface area (Å²) in [5, 5.41) is -0.0765. The lowest BCUT2D eigenvalue weighted by atomic mass is 9.97. The number of sulfonamides is 1. The molecule has 1 atom stereocenters. The predicted molar refractivity (Wildman–Crippen MR) is 109 cm³/mol. The van der Waals surface area contributed by atoms with Crippen molar-refractivity contribution < 1.29 is 22.6 Å². The second kappa shape index (κ2) is 8.93. The van der Waals surface area contributed by atoms with E-state index in [1.807, 2.05) is 30.3 Å². The fraction of sp³-hybridized carbons (Fsp3) is 0.190. The number of pyridine rings is 1. The molecule has 0 amide bonds. The highest BCUT2D eigenvalue weighted by atomic mass is 32.2. The maximum Gasteiger partial charge on any atom is 0.258 e. The molecule has 2 aromatic carbocycles. The minimum absolute atomic E-state index is 0.0765. The van der Waals surface area contributed by atoms with Crippen molar-refractivity contribution in [2.45, 2.75) is 11.1 Å². The van der Waals surface area contributed by atoms with Crippen LogP contribution in [-0.4, -0.2) is 34.7 Å². The van der Waals surface area contributed by atoms with E-state index in [1.165, 1.54) is 33.6 Å². The van der Waals surface area contributed by atoms with Crippen LogP contribution in [0.3, 0.4) is 0 Å². The SMILES string of the molecule is COc1cc(OC)c(C(NS(=O)(=O)c2ccccn2)c2ccccc2)c(OC)c1. The van der Waals surface area contributed by atoms with Gasteiger partial charge in [-0.05, 0) is 17.7 Å². The van der Waals surface area contributed by atoms with E-state index in [-0.39, 0.29) is 5.03 Å². The Morgan fingerprint density at radius 1 is 0.862 bits per heavy atom. The van der Waals surface area contributed by atoms with E-state index in [1.54, 1.807) is 24.3 Å². The van der Waals surface area contributed by atoms with Gasteiger partial charge >= 0.3 is 0 Å². The van der Waals surface area contributed by atoms with Gasteiger partial charge in [0, 0.05) is 18.3 Å². The number of nitrogens with one attached hydrogen (secondary N) is 1. The van der Waals surface area contributed by atoms with Gasteiger partial charge in [-0.1, -0.05) is 36.4 Å². The van der Waals surface area contributed by atoms with Crippen molar-refractivity contribution >= 4 is 10.0 Å². The van der Waals surface area contributed by atoms with Gasteiger partial charge in [0.25, 0.3) is 10.0 Å². The van der Waals surface area contributed by atoms with Crippen LogP contribution in [0.1, 0.15) is 17.2 Å². The Morgan fingerprint density at radius 3 is 2.00 bits per heavy atom. The van der Waals surface area contributed by atoms with Gasteiger partial charge in [-0.2, -0.15) is 4.72 Å². The summed E-state index contributed by atoms with van der Waals surface area (Å²) in [5.74, 6) is 1.39. The summed E-state index contributed by atoms with van der Waals surface area (Å²) in [5.41, 5.74) is 1.25. The average Bonchev–Trinajstić information content (AvgIpc) is 2.77. The molecule has 3 rings (SSSR count). The molecule has 1 heterocycles. The van der Waals surface area contributed by atoms with E-state index < -0.39 is 16.1 Å². The topological polar surface area (TPSA) is 86.8 Å². The highest BCUT2D eigenvalue weighted by molar-refractivity contribution is 7.89. The molecule has 0 aliphatic rings. The van der Waals surface area contributed by atoms with E-state index in [0.717, 1.165) is 0 Å². The Bertz CT molecular complexity index is 1030. The predicted octanol–water partition coefficient (Wildman–Crippen LogP) is 3.18. The number of hydrogen-bond acceptors (Lipinski definition) is 6. The van der Waals surface area contributed by atoms with E-state index in [0.29, 0.717) is 28.4 Å². The van der Waals surface area contributed by atoms with Crippen LogP contribution in [-0.2, 0) is 10.0 Å². The van der Waals surface area contributed by atoms with Crippen molar-refractivity contribution in [2.24, 2.45) is 0 Å². The molecule has 152 valence electrons. The third-order valence-electron chi connectivity index (χ3n) is 4.36. The highest BCUT2D eigenvalue weighted by Crippen LogP contribution is 2.41. The summed E-state index contributed by atoms with van der Waals surface area (Å²) in [6, 6.07) is 16.5. The first-order chi connectivity index (χ1) is 14.0. The van der Waals surface area contributed by atoms with Crippen LogP contribution in [0.15, 0.2) is 71.9 Å². The highest BCUT2D eigenvalue weighted by Gasteiger charge is 2.29. The van der Waals surface area contributed by atoms with Crippen molar-refractivity contribution in [1.82, 2.24) is 9.71 Å². The molecule has 1 unspecified atom stereocenters. The minimum atomic E-state index is -3.92. The second-order valence-electron chi connectivity index (χ2n) is 6.08. The minimum Gasteiger partial charge on any atom is -0.496 e. The summed E-state index contributed by atoms with van der Waals surface area (Å²) >= 11 is 0. The molecule has 1 N–H and O–H groups in total. The number of aromatic nitrogens is 1. The van der Waals surface area contributed by atoms with Crippen LogP contribution >= 0.6 is 0 Å². The summed E-state index contributed by atoms with van der Waals surface area (Å²) in [4.78, 5) is 3.97. The average molecular weight is 414 g/mol. The molecule has 3 aromatic rings. The first kappa shape index (κ1) is 20.6. The zero-order valence-electron chi connectivity index (χ0n) is 16.3. The fourth-order valence-electron chi connectivity index (χ4n) is 2.98. The lowest BCUT2D eigenvalue weighted by molar-refractivity contribution is 0.365. The summed E-state index contributed by atoms with van der Waals surface area (Å²) in [6.45, 7) is 0. The number of methoxy groups -OCH3 is 3. The van der Waals surface area contributed by atoms with E-state index in [9.17, 15) is 8.42 Å². The van der Waals surface area contributed by atoms with Gasteiger partial charge < -0.3 is 14.2 Å². The van der Waals surface area contributed by atoms with Crippen molar-refractivity contribution in [3.8, 4) is 17.2 Å². The normalized spacial score (nSPS) is 12.2. The monoisotopic (exact) mass is 414 g/mol. The summed E-state index contributed by atoms with van der Waals surface area (Å²) in [6.07, 6.45) is 1.43. The van der Waals surface area contributed by atoms with Gasteiger partial charge in [0.05, 0.1) is 32.9 Å². The Kier molecular flexibility index (Phi) is 6.36.